The fourth-order valence-electron chi connectivity index (χ4n) is 3.80. The molecule has 4 heteroatoms. The number of nitrogens with zero attached hydrogens (tertiary/aromatic N) is 2. The molecule has 110 valence electrons. The van der Waals surface area contributed by atoms with Crippen molar-refractivity contribution in [2.24, 2.45) is 17.8 Å². The Hall–Kier alpha value is -1.32. The topological polar surface area (TPSA) is 46.9 Å². The van der Waals surface area contributed by atoms with Crippen LogP contribution in [0.1, 0.15) is 57.6 Å². The van der Waals surface area contributed by atoms with Crippen LogP contribution in [-0.2, 0) is 11.3 Å². The van der Waals surface area contributed by atoms with E-state index in [-0.39, 0.29) is 11.9 Å². The van der Waals surface area contributed by atoms with Gasteiger partial charge in [-0.1, -0.05) is 19.8 Å². The minimum absolute atomic E-state index is 0.116. The lowest BCUT2D eigenvalue weighted by Crippen LogP contribution is -2.30. The van der Waals surface area contributed by atoms with Crippen LogP contribution in [0.25, 0.3) is 0 Å². The van der Waals surface area contributed by atoms with E-state index < -0.39 is 0 Å². The second-order valence-electron chi connectivity index (χ2n) is 6.24. The van der Waals surface area contributed by atoms with Gasteiger partial charge in [0.05, 0.1) is 12.2 Å². The molecule has 20 heavy (non-hydrogen) atoms. The molecule has 1 unspecified atom stereocenters. The Morgan fingerprint density at radius 3 is 2.65 bits per heavy atom. The highest BCUT2D eigenvalue weighted by atomic mass is 16.2. The normalized spacial score (nSPS) is 29.6. The van der Waals surface area contributed by atoms with Gasteiger partial charge in [-0.25, -0.2) is 0 Å². The molecule has 0 bridgehead atoms. The number of fused-ring (bicyclic) bond motifs is 1. The van der Waals surface area contributed by atoms with Gasteiger partial charge in [-0.05, 0) is 38.0 Å². The Kier molecular flexibility index (Phi) is 3.81. The van der Waals surface area contributed by atoms with Gasteiger partial charge in [-0.15, -0.1) is 0 Å². The summed E-state index contributed by atoms with van der Waals surface area (Å²) in [5.74, 6) is 1.94. The van der Waals surface area contributed by atoms with Crippen molar-refractivity contribution in [3.63, 3.8) is 0 Å². The lowest BCUT2D eigenvalue weighted by molar-refractivity contribution is -0.123. The molecule has 3 rings (SSSR count). The van der Waals surface area contributed by atoms with E-state index in [4.69, 9.17) is 0 Å². The first-order valence-corrected chi connectivity index (χ1v) is 8.07. The second kappa shape index (κ2) is 5.58. The van der Waals surface area contributed by atoms with E-state index in [0.29, 0.717) is 17.8 Å². The molecule has 0 aliphatic heterocycles. The number of carbonyl (C=O) groups is 1. The van der Waals surface area contributed by atoms with Gasteiger partial charge in [-0.2, -0.15) is 5.10 Å². The minimum atomic E-state index is 0.116. The zero-order valence-corrected chi connectivity index (χ0v) is 12.5. The first-order valence-electron chi connectivity index (χ1n) is 8.07. The van der Waals surface area contributed by atoms with Crippen molar-refractivity contribution in [1.82, 2.24) is 15.1 Å². The lowest BCUT2D eigenvalue weighted by Gasteiger charge is -2.15. The molecule has 2 saturated carbocycles. The molecule has 4 atom stereocenters. The Balaban J connectivity index is 1.61. The second-order valence-corrected chi connectivity index (χ2v) is 6.24. The Bertz CT molecular complexity index is 470. The van der Waals surface area contributed by atoms with Gasteiger partial charge in [0.1, 0.15) is 0 Å². The Morgan fingerprint density at radius 1 is 1.40 bits per heavy atom. The molecular formula is C16H25N3O. The van der Waals surface area contributed by atoms with Crippen LogP contribution in [0.3, 0.4) is 0 Å². The third-order valence-corrected chi connectivity index (χ3v) is 5.06. The molecule has 1 aromatic heterocycles. The largest absolute Gasteiger partial charge is 0.349 e. The Labute approximate surface area is 120 Å². The maximum Gasteiger partial charge on any atom is 0.224 e. The molecule has 1 amide bonds. The van der Waals surface area contributed by atoms with Crippen molar-refractivity contribution in [2.75, 3.05) is 0 Å². The smallest absolute Gasteiger partial charge is 0.224 e. The summed E-state index contributed by atoms with van der Waals surface area (Å²) in [6.45, 7) is 5.07. The molecule has 1 heterocycles. The third kappa shape index (κ3) is 2.48. The number of nitrogens with one attached hydrogen (secondary N) is 1. The summed E-state index contributed by atoms with van der Waals surface area (Å²) < 4.78 is 1.92. The van der Waals surface area contributed by atoms with Crippen molar-refractivity contribution in [3.8, 4) is 0 Å². The first kappa shape index (κ1) is 13.7. The fourth-order valence-corrected chi connectivity index (χ4v) is 3.80. The average molecular weight is 275 g/mol. The molecular weight excluding hydrogens is 250 g/mol. The van der Waals surface area contributed by atoms with Crippen molar-refractivity contribution in [1.29, 1.82) is 0 Å². The van der Waals surface area contributed by atoms with Crippen molar-refractivity contribution in [3.05, 3.63) is 18.0 Å². The van der Waals surface area contributed by atoms with Crippen LogP contribution in [0.2, 0.25) is 0 Å². The van der Waals surface area contributed by atoms with Crippen LogP contribution >= 0.6 is 0 Å². The van der Waals surface area contributed by atoms with E-state index in [1.54, 1.807) is 0 Å². The Morgan fingerprint density at radius 2 is 2.10 bits per heavy atom. The van der Waals surface area contributed by atoms with E-state index in [2.05, 4.69) is 24.3 Å². The number of amides is 1. The lowest BCUT2D eigenvalue weighted by atomic mass is 10.0. The number of hydrogen-bond acceptors (Lipinski definition) is 2. The predicted molar refractivity (Wildman–Crippen MR) is 78.0 cm³/mol. The number of aromatic nitrogens is 2. The van der Waals surface area contributed by atoms with E-state index in [1.165, 1.54) is 25.7 Å². The number of carbonyl (C=O) groups excluding carboxylic acids is 1. The highest BCUT2D eigenvalue weighted by molar-refractivity contribution is 5.82. The van der Waals surface area contributed by atoms with E-state index in [0.717, 1.165) is 18.5 Å². The van der Waals surface area contributed by atoms with Crippen LogP contribution in [0, 0.1) is 17.8 Å². The maximum absolute atomic E-state index is 12.5. The highest BCUT2D eigenvalue weighted by Gasteiger charge is 2.54. The van der Waals surface area contributed by atoms with E-state index >= 15 is 0 Å². The van der Waals surface area contributed by atoms with Gasteiger partial charge >= 0.3 is 0 Å². The highest BCUT2D eigenvalue weighted by Crippen LogP contribution is 2.55. The summed E-state index contributed by atoms with van der Waals surface area (Å²) in [4.78, 5) is 12.5. The molecule has 1 N–H and O–H groups in total. The van der Waals surface area contributed by atoms with Crippen LogP contribution in [0.4, 0.5) is 0 Å². The molecule has 2 aliphatic rings. The fraction of sp³-hybridized carbons (Fsp3) is 0.750. The zero-order valence-electron chi connectivity index (χ0n) is 12.5. The molecule has 0 saturated heterocycles. The van der Waals surface area contributed by atoms with Crippen LogP contribution in [0.5, 0.6) is 0 Å². The molecule has 1 aromatic rings. The number of hydrogen-bond donors (Lipinski definition) is 1. The summed E-state index contributed by atoms with van der Waals surface area (Å²) in [7, 11) is 0. The standard InChI is InChI=1S/C16H25N3O/c1-3-14(11-9-17-19(4-2)10-11)18-16(20)15-12-7-5-6-8-13(12)15/h9-10,12-15H,3-8H2,1-2H3,(H,18,20)/t12-,13+,14-,15?/m0/s1. The molecule has 0 aromatic carbocycles. The SMILES string of the molecule is CC[C@H](NC(=O)C1[C@H]2CCCC[C@@H]12)c1cnn(CC)c1. The van der Waals surface area contributed by atoms with Crippen molar-refractivity contribution in [2.45, 2.75) is 58.5 Å². The van der Waals surface area contributed by atoms with Gasteiger partial charge < -0.3 is 5.32 Å². The molecule has 0 radical (unpaired) electrons. The van der Waals surface area contributed by atoms with Gasteiger partial charge in [0.2, 0.25) is 5.91 Å². The van der Waals surface area contributed by atoms with Crippen LogP contribution < -0.4 is 5.32 Å². The predicted octanol–water partition coefficient (Wildman–Crippen LogP) is 2.91. The third-order valence-electron chi connectivity index (χ3n) is 5.06. The van der Waals surface area contributed by atoms with Crippen LogP contribution in [-0.4, -0.2) is 15.7 Å². The monoisotopic (exact) mass is 275 g/mol. The summed E-state index contributed by atoms with van der Waals surface area (Å²) >= 11 is 0. The number of rotatable bonds is 5. The summed E-state index contributed by atoms with van der Waals surface area (Å²) in [6, 6.07) is 0.116. The summed E-state index contributed by atoms with van der Waals surface area (Å²) in [6.07, 6.45) is 9.99. The molecule has 2 aliphatic carbocycles. The van der Waals surface area contributed by atoms with Crippen LogP contribution in [0.15, 0.2) is 12.4 Å². The zero-order chi connectivity index (χ0) is 14.1. The quantitative estimate of drug-likeness (QED) is 0.898. The minimum Gasteiger partial charge on any atom is -0.349 e. The van der Waals surface area contributed by atoms with Crippen molar-refractivity contribution < 1.29 is 4.79 Å². The summed E-state index contributed by atoms with van der Waals surface area (Å²) in [5.41, 5.74) is 1.13. The van der Waals surface area contributed by atoms with E-state index in [1.807, 2.05) is 17.1 Å². The first-order chi connectivity index (χ1) is 9.74. The van der Waals surface area contributed by atoms with Gasteiger partial charge in [0.25, 0.3) is 0 Å². The molecule has 4 nitrogen and oxygen atoms in total. The summed E-state index contributed by atoms with van der Waals surface area (Å²) in [5, 5.41) is 7.56. The molecule has 2 fully saturated rings. The number of aryl methyl sites for hydroxylation is 1. The average Bonchev–Trinajstić information content (AvgIpc) is 3.02. The van der Waals surface area contributed by atoms with E-state index in [9.17, 15) is 4.79 Å². The molecule has 0 spiro atoms. The van der Waals surface area contributed by atoms with Gasteiger partial charge in [-0.3, -0.25) is 9.48 Å². The van der Waals surface area contributed by atoms with Gasteiger partial charge in [0.15, 0.2) is 0 Å². The van der Waals surface area contributed by atoms with Crippen molar-refractivity contribution >= 4 is 5.91 Å². The van der Waals surface area contributed by atoms with Gasteiger partial charge in [0, 0.05) is 24.2 Å². The maximum atomic E-state index is 12.5.